The summed E-state index contributed by atoms with van der Waals surface area (Å²) in [5.41, 5.74) is 1.13. The number of para-hydroxylation sites is 1. The number of thiazole rings is 1. The Morgan fingerprint density at radius 1 is 1.15 bits per heavy atom. The topological polar surface area (TPSA) is 68.3 Å². The van der Waals surface area contributed by atoms with Gasteiger partial charge < -0.3 is 10.1 Å². The molecule has 0 aliphatic carbocycles. The maximum absolute atomic E-state index is 12.9. The molecule has 0 unspecified atom stereocenters. The average molecular weight is 370 g/mol. The highest BCUT2D eigenvalue weighted by atomic mass is 32.1. The van der Waals surface area contributed by atoms with E-state index in [1.54, 1.807) is 29.6 Å². The average Bonchev–Trinajstić information content (AvgIpc) is 3.11. The van der Waals surface area contributed by atoms with Crippen LogP contribution in [0.2, 0.25) is 0 Å². The minimum atomic E-state index is -0.400. The van der Waals surface area contributed by atoms with Crippen molar-refractivity contribution in [2.45, 2.75) is 13.5 Å². The van der Waals surface area contributed by atoms with E-state index < -0.39 is 5.91 Å². The molecule has 7 heteroatoms. The van der Waals surface area contributed by atoms with Crippen molar-refractivity contribution in [3.05, 3.63) is 76.0 Å². The number of ketones is 1. The largest absolute Gasteiger partial charge is 0.486 e. The predicted octanol–water partition coefficient (Wildman–Crippen LogP) is 4.32. The van der Waals surface area contributed by atoms with Crippen LogP contribution in [0.5, 0.6) is 5.75 Å². The minimum absolute atomic E-state index is 0.132. The number of nitrogens with zero attached hydrogens (tertiary/aromatic N) is 1. The summed E-state index contributed by atoms with van der Waals surface area (Å²) in [4.78, 5) is 28.2. The number of carbonyl (C=O) groups excluding carboxylic acids is 2. The van der Waals surface area contributed by atoms with Gasteiger partial charge in [-0.2, -0.15) is 0 Å². The Morgan fingerprint density at radius 3 is 2.62 bits per heavy atom. The molecule has 3 aromatic rings. The van der Waals surface area contributed by atoms with Crippen molar-refractivity contribution in [3.8, 4) is 5.75 Å². The Morgan fingerprint density at radius 2 is 1.88 bits per heavy atom. The quantitative estimate of drug-likeness (QED) is 0.656. The number of hydrogen-bond donors (Lipinski definition) is 1. The number of carbonyl (C=O) groups is 2. The fourth-order valence-corrected chi connectivity index (χ4v) is 2.93. The van der Waals surface area contributed by atoms with Gasteiger partial charge in [0.25, 0.3) is 5.91 Å². The van der Waals surface area contributed by atoms with E-state index in [0.717, 1.165) is 0 Å². The molecule has 0 atom stereocenters. The zero-order valence-corrected chi connectivity index (χ0v) is 14.7. The van der Waals surface area contributed by atoms with Crippen LogP contribution in [0.25, 0.3) is 0 Å². The third-order valence-corrected chi connectivity index (χ3v) is 4.34. The number of nitrogens with one attached hydrogen (secondary N) is 1. The fourth-order valence-electron chi connectivity index (χ4n) is 2.24. The SMILES string of the molecule is CC(=O)c1ccccc1NC(=O)c1csc(COc2ccc(F)cc2)n1. The lowest BCUT2D eigenvalue weighted by Gasteiger charge is -2.07. The lowest BCUT2D eigenvalue weighted by atomic mass is 10.1. The summed E-state index contributed by atoms with van der Waals surface area (Å²) in [6.45, 7) is 1.62. The van der Waals surface area contributed by atoms with Crippen LogP contribution in [-0.4, -0.2) is 16.7 Å². The molecule has 0 bridgehead atoms. The molecule has 5 nitrogen and oxygen atoms in total. The van der Waals surface area contributed by atoms with Crippen molar-refractivity contribution in [1.29, 1.82) is 0 Å². The highest BCUT2D eigenvalue weighted by molar-refractivity contribution is 7.09. The van der Waals surface area contributed by atoms with Crippen LogP contribution < -0.4 is 10.1 Å². The van der Waals surface area contributed by atoms with E-state index in [0.29, 0.717) is 22.0 Å². The van der Waals surface area contributed by atoms with Gasteiger partial charge >= 0.3 is 0 Å². The number of amides is 1. The molecule has 0 spiro atoms. The van der Waals surface area contributed by atoms with Gasteiger partial charge in [0.05, 0.1) is 5.69 Å². The first-order valence-electron chi connectivity index (χ1n) is 7.77. The molecule has 1 N–H and O–H groups in total. The van der Waals surface area contributed by atoms with Gasteiger partial charge in [0, 0.05) is 10.9 Å². The van der Waals surface area contributed by atoms with Gasteiger partial charge in [-0.25, -0.2) is 9.37 Å². The molecular weight excluding hydrogens is 355 g/mol. The van der Waals surface area contributed by atoms with Crippen LogP contribution in [-0.2, 0) is 6.61 Å². The second-order valence-electron chi connectivity index (χ2n) is 5.42. The maximum atomic E-state index is 12.9. The highest BCUT2D eigenvalue weighted by Gasteiger charge is 2.14. The fraction of sp³-hybridized carbons (Fsp3) is 0.105. The molecule has 1 heterocycles. The molecule has 1 amide bonds. The molecule has 0 saturated carbocycles. The molecule has 0 aliphatic heterocycles. The Balaban J connectivity index is 1.65. The zero-order chi connectivity index (χ0) is 18.5. The van der Waals surface area contributed by atoms with Gasteiger partial charge in [-0.3, -0.25) is 9.59 Å². The molecule has 26 heavy (non-hydrogen) atoms. The van der Waals surface area contributed by atoms with Crippen molar-refractivity contribution < 1.29 is 18.7 Å². The standard InChI is InChI=1S/C19H15FN2O3S/c1-12(23)15-4-2-3-5-16(15)22-19(24)17-11-26-18(21-17)10-25-14-8-6-13(20)7-9-14/h2-9,11H,10H2,1H3,(H,22,24). The Bertz CT molecular complexity index is 938. The lowest BCUT2D eigenvalue weighted by Crippen LogP contribution is -2.14. The normalized spacial score (nSPS) is 10.4. The van der Waals surface area contributed by atoms with E-state index >= 15 is 0 Å². The molecule has 2 aromatic carbocycles. The second-order valence-corrected chi connectivity index (χ2v) is 6.37. The van der Waals surface area contributed by atoms with E-state index in [-0.39, 0.29) is 23.9 Å². The molecule has 0 aliphatic rings. The van der Waals surface area contributed by atoms with Crippen LogP contribution in [0.4, 0.5) is 10.1 Å². The summed E-state index contributed by atoms with van der Waals surface area (Å²) in [5, 5.41) is 4.93. The first kappa shape index (κ1) is 17.8. The van der Waals surface area contributed by atoms with Crippen LogP contribution in [0.15, 0.2) is 53.9 Å². The third-order valence-electron chi connectivity index (χ3n) is 3.51. The molecule has 0 radical (unpaired) electrons. The Kier molecular flexibility index (Phi) is 5.38. The van der Waals surface area contributed by atoms with E-state index in [9.17, 15) is 14.0 Å². The number of hydrogen-bond acceptors (Lipinski definition) is 5. The van der Waals surface area contributed by atoms with Gasteiger partial charge in [-0.05, 0) is 43.3 Å². The molecule has 1 aromatic heterocycles. The monoisotopic (exact) mass is 370 g/mol. The van der Waals surface area contributed by atoms with Gasteiger partial charge in [-0.15, -0.1) is 11.3 Å². The first-order chi connectivity index (χ1) is 12.5. The Hall–Kier alpha value is -3.06. The van der Waals surface area contributed by atoms with Gasteiger partial charge in [0.2, 0.25) is 0 Å². The smallest absolute Gasteiger partial charge is 0.275 e. The number of aromatic nitrogens is 1. The number of rotatable bonds is 6. The van der Waals surface area contributed by atoms with Crippen LogP contribution in [0, 0.1) is 5.82 Å². The summed E-state index contributed by atoms with van der Waals surface area (Å²) in [5.74, 6) is -0.352. The number of benzene rings is 2. The van der Waals surface area contributed by atoms with Gasteiger partial charge in [0.15, 0.2) is 5.78 Å². The minimum Gasteiger partial charge on any atom is -0.486 e. The second kappa shape index (κ2) is 7.88. The summed E-state index contributed by atoms with van der Waals surface area (Å²) in [7, 11) is 0. The summed E-state index contributed by atoms with van der Waals surface area (Å²) in [6.07, 6.45) is 0. The van der Waals surface area contributed by atoms with Crippen molar-refractivity contribution in [3.63, 3.8) is 0 Å². The van der Waals surface area contributed by atoms with Gasteiger partial charge in [-0.1, -0.05) is 12.1 Å². The molecule has 132 valence electrons. The van der Waals surface area contributed by atoms with E-state index in [4.69, 9.17) is 4.74 Å². The van der Waals surface area contributed by atoms with Crippen molar-refractivity contribution in [2.24, 2.45) is 0 Å². The summed E-state index contributed by atoms with van der Waals surface area (Å²) < 4.78 is 18.4. The first-order valence-corrected chi connectivity index (χ1v) is 8.65. The summed E-state index contributed by atoms with van der Waals surface area (Å²) >= 11 is 1.28. The number of anilines is 1. The van der Waals surface area contributed by atoms with Crippen LogP contribution >= 0.6 is 11.3 Å². The summed E-state index contributed by atoms with van der Waals surface area (Å²) in [6, 6.07) is 12.5. The Labute approximate surface area is 153 Å². The predicted molar refractivity (Wildman–Crippen MR) is 97.2 cm³/mol. The number of halogens is 1. The molecular formula is C19H15FN2O3S. The molecule has 3 rings (SSSR count). The highest BCUT2D eigenvalue weighted by Crippen LogP contribution is 2.19. The van der Waals surface area contributed by atoms with E-state index in [2.05, 4.69) is 10.3 Å². The molecule has 0 saturated heterocycles. The van der Waals surface area contributed by atoms with Crippen LogP contribution in [0.1, 0.15) is 32.8 Å². The lowest BCUT2D eigenvalue weighted by molar-refractivity contribution is 0.101. The van der Waals surface area contributed by atoms with Crippen molar-refractivity contribution in [1.82, 2.24) is 4.98 Å². The third kappa shape index (κ3) is 4.31. The van der Waals surface area contributed by atoms with E-state index in [1.165, 1.54) is 42.5 Å². The van der Waals surface area contributed by atoms with Crippen molar-refractivity contribution >= 4 is 28.7 Å². The van der Waals surface area contributed by atoms with Crippen molar-refractivity contribution in [2.75, 3.05) is 5.32 Å². The number of Topliss-reactive ketones (excluding diaryl/α,β-unsaturated/α-hetero) is 1. The maximum Gasteiger partial charge on any atom is 0.275 e. The van der Waals surface area contributed by atoms with Gasteiger partial charge in [0.1, 0.15) is 28.9 Å². The zero-order valence-electron chi connectivity index (χ0n) is 13.9. The number of ether oxygens (including phenoxy) is 1. The molecule has 0 fully saturated rings. The van der Waals surface area contributed by atoms with Crippen LogP contribution in [0.3, 0.4) is 0 Å². The van der Waals surface area contributed by atoms with E-state index in [1.807, 2.05) is 0 Å².